The van der Waals surface area contributed by atoms with Gasteiger partial charge < -0.3 is 14.8 Å². The third kappa shape index (κ3) is 4.08. The molecule has 0 fully saturated rings. The van der Waals surface area contributed by atoms with E-state index in [1.165, 1.54) is 10.7 Å². The molecule has 0 aliphatic carbocycles. The van der Waals surface area contributed by atoms with Crippen molar-refractivity contribution in [3.05, 3.63) is 95.3 Å². The van der Waals surface area contributed by atoms with Crippen LogP contribution in [0.25, 0.3) is 22.4 Å². The first-order valence-electron chi connectivity index (χ1n) is 10.6. The topological polar surface area (TPSA) is 82.5 Å². The van der Waals surface area contributed by atoms with Crippen LogP contribution in [0.1, 0.15) is 13.0 Å². The number of fused-ring (bicyclic) bond motifs is 1. The van der Waals surface area contributed by atoms with Gasteiger partial charge in [0, 0.05) is 22.9 Å². The molecule has 5 rings (SSSR count). The Hall–Kier alpha value is -4.39. The molecule has 4 aromatic rings. The van der Waals surface area contributed by atoms with Crippen molar-refractivity contribution < 1.29 is 14.3 Å². The first-order chi connectivity index (χ1) is 16.1. The zero-order valence-corrected chi connectivity index (χ0v) is 17.9. The number of rotatable bonds is 5. The number of hydrogen-bond donors (Lipinski definition) is 1. The molecule has 0 radical (unpaired) electrons. The molecule has 1 aromatic heterocycles. The van der Waals surface area contributed by atoms with E-state index < -0.39 is 6.04 Å². The molecule has 1 aliphatic heterocycles. The fraction of sp³-hybridized carbons (Fsp3) is 0.115. The maximum absolute atomic E-state index is 13.1. The van der Waals surface area contributed by atoms with Gasteiger partial charge in [0.1, 0.15) is 6.04 Å². The number of carbonyl (C=O) groups is 1. The minimum atomic E-state index is -0.824. The standard InChI is InChI=1S/C26H21N3O4/c1-17(26(31)27-22-10-6-5-9-20(22)18-7-3-2-4-8-18)29-25(30)14-12-21(28-29)19-11-13-23-24(15-19)33-16-32-23/h2-15,17H,16H2,1H3,(H,27,31). The Labute approximate surface area is 190 Å². The molecular formula is C26H21N3O4. The van der Waals surface area contributed by atoms with E-state index in [1.54, 1.807) is 25.1 Å². The van der Waals surface area contributed by atoms with Crippen molar-refractivity contribution in [2.75, 3.05) is 12.1 Å². The van der Waals surface area contributed by atoms with Crippen LogP contribution in [0.5, 0.6) is 11.5 Å². The summed E-state index contributed by atoms with van der Waals surface area (Å²) in [5, 5.41) is 7.41. The van der Waals surface area contributed by atoms with E-state index in [2.05, 4.69) is 10.4 Å². The van der Waals surface area contributed by atoms with Crippen LogP contribution in [0.15, 0.2) is 89.7 Å². The summed E-state index contributed by atoms with van der Waals surface area (Å²) >= 11 is 0. The number of carbonyl (C=O) groups excluding carboxylic acids is 1. The van der Waals surface area contributed by atoms with Crippen molar-refractivity contribution in [2.45, 2.75) is 13.0 Å². The van der Waals surface area contributed by atoms with Crippen molar-refractivity contribution in [1.82, 2.24) is 9.78 Å². The number of nitrogens with one attached hydrogen (secondary N) is 1. The Morgan fingerprint density at radius 1 is 0.909 bits per heavy atom. The molecule has 0 bridgehead atoms. The Morgan fingerprint density at radius 2 is 1.67 bits per heavy atom. The van der Waals surface area contributed by atoms with Gasteiger partial charge in [-0.3, -0.25) is 9.59 Å². The Kier molecular flexibility index (Phi) is 5.36. The van der Waals surface area contributed by atoms with Crippen LogP contribution >= 0.6 is 0 Å². The average molecular weight is 439 g/mol. The van der Waals surface area contributed by atoms with Crippen LogP contribution in [0.3, 0.4) is 0 Å². The molecule has 7 heteroatoms. The molecule has 2 heterocycles. The molecule has 33 heavy (non-hydrogen) atoms. The summed E-state index contributed by atoms with van der Waals surface area (Å²) in [5.74, 6) is 0.947. The van der Waals surface area contributed by atoms with E-state index >= 15 is 0 Å². The number of benzene rings is 3. The number of anilines is 1. The van der Waals surface area contributed by atoms with E-state index in [9.17, 15) is 9.59 Å². The van der Waals surface area contributed by atoms with E-state index in [1.807, 2.05) is 60.7 Å². The van der Waals surface area contributed by atoms with Crippen molar-refractivity contribution in [3.63, 3.8) is 0 Å². The minimum absolute atomic E-state index is 0.174. The van der Waals surface area contributed by atoms with Crippen molar-refractivity contribution in [1.29, 1.82) is 0 Å². The van der Waals surface area contributed by atoms with Gasteiger partial charge in [-0.05, 0) is 42.8 Å². The van der Waals surface area contributed by atoms with Crippen LogP contribution in [-0.4, -0.2) is 22.5 Å². The molecule has 1 unspecified atom stereocenters. The maximum atomic E-state index is 13.1. The first kappa shape index (κ1) is 20.5. The summed E-state index contributed by atoms with van der Waals surface area (Å²) in [7, 11) is 0. The zero-order chi connectivity index (χ0) is 22.8. The molecule has 3 aromatic carbocycles. The molecule has 1 N–H and O–H groups in total. The Morgan fingerprint density at radius 3 is 2.52 bits per heavy atom. The van der Waals surface area contributed by atoms with Crippen molar-refractivity contribution in [2.24, 2.45) is 0 Å². The quantitative estimate of drug-likeness (QED) is 0.495. The highest BCUT2D eigenvalue weighted by Crippen LogP contribution is 2.35. The van der Waals surface area contributed by atoms with Gasteiger partial charge in [-0.2, -0.15) is 5.10 Å². The normalized spacial score (nSPS) is 12.9. The van der Waals surface area contributed by atoms with Gasteiger partial charge in [0.25, 0.3) is 5.56 Å². The molecular weight excluding hydrogens is 418 g/mol. The van der Waals surface area contributed by atoms with E-state index in [0.29, 0.717) is 22.9 Å². The van der Waals surface area contributed by atoms with Gasteiger partial charge in [-0.25, -0.2) is 4.68 Å². The monoisotopic (exact) mass is 439 g/mol. The van der Waals surface area contributed by atoms with Crippen LogP contribution in [0, 0.1) is 0 Å². The number of aromatic nitrogens is 2. The van der Waals surface area contributed by atoms with Crippen molar-refractivity contribution in [3.8, 4) is 33.9 Å². The van der Waals surface area contributed by atoms with Crippen LogP contribution in [-0.2, 0) is 4.79 Å². The lowest BCUT2D eigenvalue weighted by Gasteiger charge is -2.17. The lowest BCUT2D eigenvalue weighted by atomic mass is 10.0. The van der Waals surface area contributed by atoms with E-state index in [0.717, 1.165) is 16.7 Å². The number of amides is 1. The fourth-order valence-electron chi connectivity index (χ4n) is 3.72. The highest BCUT2D eigenvalue weighted by atomic mass is 16.7. The number of nitrogens with zero attached hydrogens (tertiary/aromatic N) is 2. The predicted molar refractivity (Wildman–Crippen MR) is 125 cm³/mol. The van der Waals surface area contributed by atoms with Crippen molar-refractivity contribution >= 4 is 11.6 Å². The van der Waals surface area contributed by atoms with Crippen LogP contribution < -0.4 is 20.3 Å². The van der Waals surface area contributed by atoms with Gasteiger partial charge in [0.05, 0.1) is 5.69 Å². The van der Waals surface area contributed by atoms with Crippen LogP contribution in [0.2, 0.25) is 0 Å². The lowest BCUT2D eigenvalue weighted by Crippen LogP contribution is -2.33. The molecule has 164 valence electrons. The summed E-state index contributed by atoms with van der Waals surface area (Å²) in [6, 6.07) is 25.0. The average Bonchev–Trinajstić information content (AvgIpc) is 3.33. The van der Waals surface area contributed by atoms with E-state index in [4.69, 9.17) is 9.47 Å². The maximum Gasteiger partial charge on any atom is 0.267 e. The highest BCUT2D eigenvalue weighted by Gasteiger charge is 2.20. The molecule has 1 atom stereocenters. The number of ether oxygens (including phenoxy) is 2. The summed E-state index contributed by atoms with van der Waals surface area (Å²) < 4.78 is 12.0. The van der Waals surface area contributed by atoms with Crippen LogP contribution in [0.4, 0.5) is 5.69 Å². The molecule has 1 amide bonds. The number of hydrogen-bond acceptors (Lipinski definition) is 5. The second-order valence-corrected chi connectivity index (χ2v) is 7.65. The summed E-state index contributed by atoms with van der Waals surface area (Å²) in [4.78, 5) is 25.7. The fourth-order valence-corrected chi connectivity index (χ4v) is 3.72. The Bertz CT molecular complexity index is 1380. The largest absolute Gasteiger partial charge is 0.454 e. The highest BCUT2D eigenvalue weighted by molar-refractivity contribution is 5.97. The van der Waals surface area contributed by atoms with Gasteiger partial charge in [0.15, 0.2) is 11.5 Å². The summed E-state index contributed by atoms with van der Waals surface area (Å²) in [5.41, 5.74) is 3.50. The smallest absolute Gasteiger partial charge is 0.267 e. The predicted octanol–water partition coefficient (Wildman–Crippen LogP) is 4.51. The third-order valence-corrected chi connectivity index (χ3v) is 5.51. The summed E-state index contributed by atoms with van der Waals surface area (Å²) in [6.45, 7) is 1.83. The lowest BCUT2D eigenvalue weighted by molar-refractivity contribution is -0.119. The molecule has 0 spiro atoms. The zero-order valence-electron chi connectivity index (χ0n) is 17.9. The molecule has 0 saturated carbocycles. The summed E-state index contributed by atoms with van der Waals surface area (Å²) in [6.07, 6.45) is 0. The Balaban J connectivity index is 1.42. The second-order valence-electron chi connectivity index (χ2n) is 7.65. The molecule has 1 aliphatic rings. The van der Waals surface area contributed by atoms with Gasteiger partial charge in [0.2, 0.25) is 12.7 Å². The molecule has 7 nitrogen and oxygen atoms in total. The number of para-hydroxylation sites is 1. The van der Waals surface area contributed by atoms with Gasteiger partial charge in [-0.1, -0.05) is 48.5 Å². The first-order valence-corrected chi connectivity index (χ1v) is 10.6. The van der Waals surface area contributed by atoms with E-state index in [-0.39, 0.29) is 18.3 Å². The van der Waals surface area contributed by atoms with Gasteiger partial charge >= 0.3 is 0 Å². The second kappa shape index (κ2) is 8.63. The minimum Gasteiger partial charge on any atom is -0.454 e. The molecule has 0 saturated heterocycles. The van der Waals surface area contributed by atoms with Gasteiger partial charge in [-0.15, -0.1) is 0 Å². The third-order valence-electron chi connectivity index (χ3n) is 5.51. The SMILES string of the molecule is CC(C(=O)Nc1ccccc1-c1ccccc1)n1nc(-c2ccc3c(c2)OCO3)ccc1=O.